The third-order valence-electron chi connectivity index (χ3n) is 4.85. The number of piperazine rings is 1. The summed E-state index contributed by atoms with van der Waals surface area (Å²) < 4.78 is 65.6. The first-order valence-corrected chi connectivity index (χ1v) is 10.3. The molecule has 0 radical (unpaired) electrons. The predicted octanol–water partition coefficient (Wildman–Crippen LogP) is 1.97. The van der Waals surface area contributed by atoms with Gasteiger partial charge in [0, 0.05) is 38.3 Å². The zero-order chi connectivity index (χ0) is 22.2. The first-order chi connectivity index (χ1) is 14.8. The molecule has 2 aromatic rings. The Morgan fingerprint density at radius 1 is 1.19 bits per heavy atom. The van der Waals surface area contributed by atoms with Gasteiger partial charge in [0.1, 0.15) is 11.3 Å². The molecule has 12 heteroatoms. The Kier molecular flexibility index (Phi) is 5.50. The number of hydrogen-bond donors (Lipinski definition) is 1. The third kappa shape index (κ3) is 4.03. The minimum atomic E-state index is -3.95. The number of benzene rings is 2. The normalized spacial score (nSPS) is 16.7. The highest BCUT2D eigenvalue weighted by atomic mass is 32.2. The van der Waals surface area contributed by atoms with Gasteiger partial charge in [0.25, 0.3) is 0 Å². The smallest absolute Gasteiger partial charge is 0.495 e. The van der Waals surface area contributed by atoms with Crippen LogP contribution in [-0.2, 0) is 10.5 Å². The molecule has 1 saturated heterocycles. The summed E-state index contributed by atoms with van der Waals surface area (Å²) in [7, 11) is -1.56. The van der Waals surface area contributed by atoms with E-state index in [4.69, 9.17) is 4.74 Å². The van der Waals surface area contributed by atoms with E-state index < -0.39 is 28.5 Å². The number of nitrogens with one attached hydrogen (secondary N) is 1. The topological polar surface area (TPSA) is 97.2 Å². The van der Waals surface area contributed by atoms with Crippen LogP contribution in [0.1, 0.15) is 10.4 Å². The molecule has 1 amide bonds. The molecule has 1 fully saturated rings. The van der Waals surface area contributed by atoms with Gasteiger partial charge in [-0.25, -0.2) is 4.79 Å². The van der Waals surface area contributed by atoms with Crippen LogP contribution in [0.5, 0.6) is 17.2 Å². The van der Waals surface area contributed by atoms with Crippen molar-refractivity contribution in [2.45, 2.75) is 6.29 Å². The van der Waals surface area contributed by atoms with Gasteiger partial charge >= 0.3 is 22.7 Å². The minimum absolute atomic E-state index is 0.0240. The number of rotatable bonds is 4. The van der Waals surface area contributed by atoms with Crippen LogP contribution >= 0.6 is 0 Å². The highest BCUT2D eigenvalue weighted by Crippen LogP contribution is 2.44. The van der Waals surface area contributed by atoms with Gasteiger partial charge < -0.3 is 24.4 Å². The maximum atomic E-state index is 13.5. The van der Waals surface area contributed by atoms with Crippen LogP contribution in [0.15, 0.2) is 36.4 Å². The standard InChI is InChI=1S/C19H18F2N3O6S/c1-28-15-6-5-12(11-14(15)23-9-7-22-8-10-23)24(31(26)27)18(25)13-3-2-4-16-17(13)30-19(20,21)29-16/h2-6,11,22H,7-10H2,1H3/q+1. The summed E-state index contributed by atoms with van der Waals surface area (Å²) >= 11 is 0. The van der Waals surface area contributed by atoms with Gasteiger partial charge in [-0.15, -0.1) is 17.2 Å². The second kappa shape index (κ2) is 8.12. The zero-order valence-electron chi connectivity index (χ0n) is 16.3. The maximum Gasteiger partial charge on any atom is 0.586 e. The van der Waals surface area contributed by atoms with Crippen molar-refractivity contribution in [2.75, 3.05) is 38.2 Å². The number of hydrogen-bond acceptors (Lipinski definition) is 8. The molecule has 9 nitrogen and oxygen atoms in total. The fourth-order valence-corrected chi connectivity index (χ4v) is 3.99. The van der Waals surface area contributed by atoms with E-state index in [0.717, 1.165) is 13.1 Å². The van der Waals surface area contributed by atoms with Crippen molar-refractivity contribution in [3.63, 3.8) is 0 Å². The molecule has 2 heterocycles. The van der Waals surface area contributed by atoms with Crippen molar-refractivity contribution in [1.29, 1.82) is 0 Å². The number of carbonyl (C=O) groups excluding carboxylic acids is 1. The Balaban J connectivity index is 1.78. The molecular formula is C19H18F2N3O6S+. The number of fused-ring (bicyclic) bond motifs is 1. The van der Waals surface area contributed by atoms with Crippen LogP contribution in [0, 0.1) is 0 Å². The number of halogens is 2. The highest BCUT2D eigenvalue weighted by molar-refractivity contribution is 7.59. The highest BCUT2D eigenvalue weighted by Gasteiger charge is 2.47. The van der Waals surface area contributed by atoms with Crippen molar-refractivity contribution >= 4 is 27.8 Å². The molecule has 0 unspecified atom stereocenters. The van der Waals surface area contributed by atoms with Crippen LogP contribution in [0.3, 0.4) is 0 Å². The van der Waals surface area contributed by atoms with E-state index in [9.17, 15) is 22.0 Å². The third-order valence-corrected chi connectivity index (χ3v) is 5.52. The van der Waals surface area contributed by atoms with E-state index in [1.54, 1.807) is 6.07 Å². The fraction of sp³-hybridized carbons (Fsp3) is 0.316. The molecule has 0 aliphatic carbocycles. The molecule has 0 spiro atoms. The van der Waals surface area contributed by atoms with Crippen molar-refractivity contribution in [3.05, 3.63) is 42.0 Å². The summed E-state index contributed by atoms with van der Waals surface area (Å²) in [5.74, 6) is -1.44. The molecule has 31 heavy (non-hydrogen) atoms. The first-order valence-electron chi connectivity index (χ1n) is 9.27. The SMILES string of the molecule is COc1ccc([N+](C(=O)c2cccc3c2OC(F)(F)O3)=S(=O)=O)cc1N1CCNCC1. The number of ether oxygens (including phenoxy) is 3. The van der Waals surface area contributed by atoms with E-state index >= 15 is 0 Å². The molecule has 0 atom stereocenters. The Labute approximate surface area is 177 Å². The Bertz CT molecular complexity index is 1170. The molecule has 2 aromatic carbocycles. The van der Waals surface area contributed by atoms with Crippen LogP contribution in [0.25, 0.3) is 0 Å². The molecule has 0 saturated carbocycles. The lowest BCUT2D eigenvalue weighted by Gasteiger charge is -2.30. The van der Waals surface area contributed by atoms with E-state index in [2.05, 4.69) is 14.8 Å². The van der Waals surface area contributed by atoms with Crippen LogP contribution in [0.2, 0.25) is 0 Å². The molecule has 2 aliphatic heterocycles. The summed E-state index contributed by atoms with van der Waals surface area (Å²) in [5.41, 5.74) is 0.253. The summed E-state index contributed by atoms with van der Waals surface area (Å²) in [6.45, 7) is 2.76. The molecule has 1 N–H and O–H groups in total. The molecule has 0 bridgehead atoms. The second-order valence-electron chi connectivity index (χ2n) is 6.71. The summed E-state index contributed by atoms with van der Waals surface area (Å²) in [5, 5.41) is 3.22. The van der Waals surface area contributed by atoms with Gasteiger partial charge in [0.15, 0.2) is 11.5 Å². The van der Waals surface area contributed by atoms with Gasteiger partial charge in [0.05, 0.1) is 12.8 Å². The lowest BCUT2D eigenvalue weighted by atomic mass is 10.1. The first kappa shape index (κ1) is 21.0. The number of nitrogens with zero attached hydrogens (tertiary/aromatic N) is 2. The lowest BCUT2D eigenvalue weighted by molar-refractivity contribution is -0.309. The largest absolute Gasteiger partial charge is 0.586 e. The molecule has 2 aliphatic rings. The van der Waals surface area contributed by atoms with Crippen molar-refractivity contribution in [2.24, 2.45) is 0 Å². The Morgan fingerprint density at radius 3 is 2.61 bits per heavy atom. The fourth-order valence-electron chi connectivity index (χ4n) is 3.48. The van der Waals surface area contributed by atoms with Crippen molar-refractivity contribution in [3.8, 4) is 17.2 Å². The summed E-state index contributed by atoms with van der Waals surface area (Å²) in [6.07, 6.45) is -3.95. The Hall–Kier alpha value is -3.25. The van der Waals surface area contributed by atoms with Crippen LogP contribution < -0.4 is 24.4 Å². The number of para-hydroxylation sites is 1. The molecule has 4 rings (SSSR count). The predicted molar refractivity (Wildman–Crippen MR) is 104 cm³/mol. The molecular weight excluding hydrogens is 436 g/mol. The molecule has 164 valence electrons. The van der Waals surface area contributed by atoms with Crippen LogP contribution in [-0.4, -0.2) is 57.9 Å². The Morgan fingerprint density at radius 2 is 1.94 bits per heavy atom. The lowest BCUT2D eigenvalue weighted by Crippen LogP contribution is -2.43. The number of carbonyl (C=O) groups is 1. The number of alkyl halides is 2. The van der Waals surface area contributed by atoms with Gasteiger partial charge in [0.2, 0.25) is 5.69 Å². The number of anilines is 1. The average molecular weight is 454 g/mol. The number of amides is 1. The second-order valence-corrected chi connectivity index (χ2v) is 7.51. The monoisotopic (exact) mass is 454 g/mol. The average Bonchev–Trinajstić information content (AvgIpc) is 3.07. The van der Waals surface area contributed by atoms with E-state index in [-0.39, 0.29) is 17.0 Å². The summed E-state index contributed by atoms with van der Waals surface area (Å²) in [6, 6.07) is 8.13. The quantitative estimate of drug-likeness (QED) is 0.701. The van der Waals surface area contributed by atoms with Crippen molar-refractivity contribution in [1.82, 2.24) is 5.32 Å². The minimum Gasteiger partial charge on any atom is -0.495 e. The molecule has 0 aromatic heterocycles. The van der Waals surface area contributed by atoms with E-state index in [1.165, 1.54) is 37.4 Å². The number of methoxy groups -OCH3 is 1. The van der Waals surface area contributed by atoms with Crippen LogP contribution in [0.4, 0.5) is 20.2 Å². The van der Waals surface area contributed by atoms with Gasteiger partial charge in [-0.05, 0) is 22.1 Å². The zero-order valence-corrected chi connectivity index (χ0v) is 17.1. The van der Waals surface area contributed by atoms with Gasteiger partial charge in [-0.1, -0.05) is 6.07 Å². The van der Waals surface area contributed by atoms with E-state index in [1.807, 2.05) is 4.90 Å². The van der Waals surface area contributed by atoms with Gasteiger partial charge in [-0.3, -0.25) is 0 Å². The summed E-state index contributed by atoms with van der Waals surface area (Å²) in [4.78, 5) is 15.1. The van der Waals surface area contributed by atoms with Gasteiger partial charge in [-0.2, -0.15) is 0 Å². The maximum absolute atomic E-state index is 13.5. The van der Waals surface area contributed by atoms with E-state index in [0.29, 0.717) is 28.5 Å². The van der Waals surface area contributed by atoms with Crippen molar-refractivity contribution < 1.29 is 40.1 Å².